The van der Waals surface area contributed by atoms with Crippen molar-refractivity contribution in [3.63, 3.8) is 0 Å². The largest absolute Gasteiger partial charge is 0.368 e. The van der Waals surface area contributed by atoms with E-state index < -0.39 is 16.2 Å². The van der Waals surface area contributed by atoms with Gasteiger partial charge in [0.05, 0.1) is 4.90 Å². The van der Waals surface area contributed by atoms with Crippen LogP contribution in [0.2, 0.25) is 5.02 Å². The highest BCUT2D eigenvalue weighted by atomic mass is 35.5. The molecule has 0 fully saturated rings. The van der Waals surface area contributed by atoms with Crippen LogP contribution in [0.1, 0.15) is 22.0 Å². The number of benzene rings is 2. The molecule has 0 aliphatic carbocycles. The molecular formula is C21H21ClN2O4S2. The molecule has 3 N–H and O–H groups in total. The molecule has 9 heteroatoms. The second-order valence-electron chi connectivity index (χ2n) is 6.70. The second-order valence-corrected chi connectivity index (χ2v) is 9.53. The first-order valence-corrected chi connectivity index (χ1v) is 11.8. The topological polar surface area (TPSA) is 101 Å². The first-order chi connectivity index (χ1) is 14.3. The Morgan fingerprint density at radius 2 is 1.77 bits per heavy atom. The molecule has 1 atom stereocenters. The van der Waals surface area contributed by atoms with E-state index in [9.17, 15) is 13.2 Å². The van der Waals surface area contributed by atoms with Crippen LogP contribution in [-0.4, -0.2) is 30.3 Å². The summed E-state index contributed by atoms with van der Waals surface area (Å²) in [5.41, 5.74) is 7.71. The Balaban J connectivity index is 0.000000216. The van der Waals surface area contributed by atoms with Crippen molar-refractivity contribution in [2.75, 3.05) is 6.54 Å². The molecule has 1 aliphatic rings. The normalized spacial score (nSPS) is 14.9. The SMILES string of the molecule is NC(=O)[C@H](c1ccccc1Cl)N1CCc2sccc2C1.O=S(=O)(O)c1ccccc1. The Labute approximate surface area is 184 Å². The fraction of sp³-hybridized carbons (Fsp3) is 0.190. The number of primary amides is 1. The summed E-state index contributed by atoms with van der Waals surface area (Å²) < 4.78 is 29.2. The van der Waals surface area contributed by atoms with Gasteiger partial charge in [-0.3, -0.25) is 14.2 Å². The van der Waals surface area contributed by atoms with Crippen molar-refractivity contribution < 1.29 is 17.8 Å². The van der Waals surface area contributed by atoms with Gasteiger partial charge in [-0.25, -0.2) is 0 Å². The van der Waals surface area contributed by atoms with E-state index in [4.69, 9.17) is 21.9 Å². The molecule has 0 bridgehead atoms. The smallest absolute Gasteiger partial charge is 0.294 e. The lowest BCUT2D eigenvalue weighted by atomic mass is 10.0. The predicted octanol–water partition coefficient (Wildman–Crippen LogP) is 3.92. The van der Waals surface area contributed by atoms with Crippen molar-refractivity contribution in [2.24, 2.45) is 5.73 Å². The van der Waals surface area contributed by atoms with Crippen LogP contribution in [0.5, 0.6) is 0 Å². The fourth-order valence-electron chi connectivity index (χ4n) is 3.31. The highest BCUT2D eigenvalue weighted by Gasteiger charge is 2.30. The first kappa shape index (κ1) is 22.5. The monoisotopic (exact) mass is 464 g/mol. The van der Waals surface area contributed by atoms with Gasteiger partial charge in [-0.15, -0.1) is 11.3 Å². The van der Waals surface area contributed by atoms with Crippen LogP contribution in [-0.2, 0) is 27.9 Å². The molecule has 1 amide bonds. The molecule has 0 unspecified atom stereocenters. The van der Waals surface area contributed by atoms with Crippen LogP contribution < -0.4 is 5.73 Å². The summed E-state index contributed by atoms with van der Waals surface area (Å²) in [7, 11) is -4.00. The molecule has 0 saturated heterocycles. The van der Waals surface area contributed by atoms with Gasteiger partial charge in [0.1, 0.15) is 6.04 Å². The number of carbonyl (C=O) groups excluding carboxylic acids is 1. The van der Waals surface area contributed by atoms with Crippen molar-refractivity contribution >= 4 is 39.0 Å². The zero-order chi connectivity index (χ0) is 21.7. The van der Waals surface area contributed by atoms with E-state index in [1.54, 1.807) is 35.6 Å². The summed E-state index contributed by atoms with van der Waals surface area (Å²) in [4.78, 5) is 15.4. The summed E-state index contributed by atoms with van der Waals surface area (Å²) in [6.07, 6.45) is 0.960. The van der Waals surface area contributed by atoms with E-state index in [2.05, 4.69) is 16.3 Å². The van der Waals surface area contributed by atoms with Gasteiger partial charge in [-0.1, -0.05) is 48.0 Å². The lowest BCUT2D eigenvalue weighted by molar-refractivity contribution is -0.123. The second kappa shape index (κ2) is 9.72. The third kappa shape index (κ3) is 5.47. The standard InChI is InChI=1S/C15H15ClN2OS.C6H6O3S/c16-12-4-2-1-3-11(12)14(15(17)19)18-7-5-13-10(9-18)6-8-20-13;7-10(8,9)6-4-2-1-3-5-6/h1-4,6,8,14H,5,7,9H2,(H2,17,19);1-5H,(H,7,8,9)/t14-;/m0./s1. The van der Waals surface area contributed by atoms with Gasteiger partial charge in [0.15, 0.2) is 0 Å². The van der Waals surface area contributed by atoms with E-state index in [1.807, 2.05) is 18.2 Å². The molecule has 0 radical (unpaired) electrons. The number of nitrogens with two attached hydrogens (primary N) is 1. The Kier molecular flexibility index (Phi) is 7.27. The summed E-state index contributed by atoms with van der Waals surface area (Å²) in [6.45, 7) is 1.57. The quantitative estimate of drug-likeness (QED) is 0.570. The number of hydrogen-bond acceptors (Lipinski definition) is 5. The van der Waals surface area contributed by atoms with Crippen LogP contribution in [0.3, 0.4) is 0 Å². The fourth-order valence-corrected chi connectivity index (χ4v) is 4.94. The average Bonchev–Trinajstić information content (AvgIpc) is 3.18. The third-order valence-corrected chi connectivity index (χ3v) is 6.95. The van der Waals surface area contributed by atoms with Gasteiger partial charge in [0.2, 0.25) is 5.91 Å². The molecule has 158 valence electrons. The van der Waals surface area contributed by atoms with Crippen molar-refractivity contribution in [1.82, 2.24) is 4.90 Å². The molecule has 2 aromatic carbocycles. The maximum Gasteiger partial charge on any atom is 0.294 e. The summed E-state index contributed by atoms with van der Waals surface area (Å²) in [5, 5.41) is 2.69. The number of carbonyl (C=O) groups is 1. The van der Waals surface area contributed by atoms with Crippen LogP contribution in [0.15, 0.2) is 70.9 Å². The van der Waals surface area contributed by atoms with E-state index in [-0.39, 0.29) is 10.8 Å². The van der Waals surface area contributed by atoms with Gasteiger partial charge in [0.25, 0.3) is 10.1 Å². The van der Waals surface area contributed by atoms with Crippen LogP contribution in [0.25, 0.3) is 0 Å². The average molecular weight is 465 g/mol. The molecule has 30 heavy (non-hydrogen) atoms. The Hall–Kier alpha value is -2.23. The van der Waals surface area contributed by atoms with Crippen molar-refractivity contribution in [3.8, 4) is 0 Å². The molecule has 4 rings (SSSR count). The minimum absolute atomic E-state index is 0.0741. The van der Waals surface area contributed by atoms with E-state index in [0.29, 0.717) is 5.02 Å². The van der Waals surface area contributed by atoms with Crippen LogP contribution in [0, 0.1) is 0 Å². The van der Waals surface area contributed by atoms with E-state index >= 15 is 0 Å². The van der Waals surface area contributed by atoms with Crippen LogP contribution in [0.4, 0.5) is 0 Å². The number of nitrogens with zero attached hydrogens (tertiary/aromatic N) is 1. The molecule has 6 nitrogen and oxygen atoms in total. The number of fused-ring (bicyclic) bond motifs is 1. The third-order valence-electron chi connectivity index (χ3n) is 4.71. The summed E-state index contributed by atoms with van der Waals surface area (Å²) in [5.74, 6) is -0.350. The minimum atomic E-state index is -4.00. The minimum Gasteiger partial charge on any atom is -0.368 e. The number of hydrogen-bond donors (Lipinski definition) is 2. The zero-order valence-corrected chi connectivity index (χ0v) is 18.3. The Morgan fingerprint density at radius 3 is 2.37 bits per heavy atom. The zero-order valence-electron chi connectivity index (χ0n) is 15.9. The Morgan fingerprint density at radius 1 is 1.10 bits per heavy atom. The van der Waals surface area contributed by atoms with Crippen molar-refractivity contribution in [2.45, 2.75) is 23.9 Å². The number of rotatable bonds is 4. The van der Waals surface area contributed by atoms with Gasteiger partial charge >= 0.3 is 0 Å². The number of thiophene rings is 1. The Bertz CT molecular complexity index is 1120. The molecule has 2 heterocycles. The van der Waals surface area contributed by atoms with E-state index in [0.717, 1.165) is 25.1 Å². The highest BCUT2D eigenvalue weighted by Crippen LogP contribution is 2.33. The molecule has 1 aliphatic heterocycles. The van der Waals surface area contributed by atoms with Gasteiger partial charge in [-0.05, 0) is 47.2 Å². The lowest BCUT2D eigenvalue weighted by Gasteiger charge is -2.33. The van der Waals surface area contributed by atoms with Gasteiger partial charge in [0, 0.05) is 23.0 Å². The summed E-state index contributed by atoms with van der Waals surface area (Å²) >= 11 is 8.01. The molecule has 1 aromatic heterocycles. The van der Waals surface area contributed by atoms with Gasteiger partial charge < -0.3 is 5.73 Å². The maximum atomic E-state index is 11.9. The molecule has 0 spiro atoms. The maximum absolute atomic E-state index is 11.9. The number of amides is 1. The lowest BCUT2D eigenvalue weighted by Crippen LogP contribution is -2.40. The van der Waals surface area contributed by atoms with Gasteiger partial charge in [-0.2, -0.15) is 8.42 Å². The first-order valence-electron chi connectivity index (χ1n) is 9.13. The molecule has 3 aromatic rings. The van der Waals surface area contributed by atoms with E-state index in [1.165, 1.54) is 22.6 Å². The molecular weight excluding hydrogens is 444 g/mol. The van der Waals surface area contributed by atoms with Crippen molar-refractivity contribution in [1.29, 1.82) is 0 Å². The van der Waals surface area contributed by atoms with Crippen LogP contribution >= 0.6 is 22.9 Å². The highest BCUT2D eigenvalue weighted by molar-refractivity contribution is 7.85. The number of halogens is 1. The summed E-state index contributed by atoms with van der Waals surface area (Å²) in [6, 6.07) is 16.5. The molecule has 0 saturated carbocycles. The van der Waals surface area contributed by atoms with Crippen molar-refractivity contribution in [3.05, 3.63) is 87.1 Å². The predicted molar refractivity (Wildman–Crippen MR) is 118 cm³/mol.